The molecule has 3 heteroatoms. The molecule has 0 aliphatic carbocycles. The number of carbonyl (C=O) groups excluding carboxylic acids is 1. The second-order valence-electron chi connectivity index (χ2n) is 4.84. The molecular weight excluding hydrogens is 224 g/mol. The fraction of sp³-hybridized carbons (Fsp3) is 0.267. The van der Waals surface area contributed by atoms with Crippen molar-refractivity contribution in [3.8, 4) is 0 Å². The number of rotatable bonds is 3. The van der Waals surface area contributed by atoms with Crippen molar-refractivity contribution in [1.82, 2.24) is 5.32 Å². The Morgan fingerprint density at radius 3 is 2.67 bits per heavy atom. The Balaban J connectivity index is 1.71. The van der Waals surface area contributed by atoms with Crippen molar-refractivity contribution in [2.24, 2.45) is 5.92 Å². The molecule has 0 radical (unpaired) electrons. The molecule has 0 spiro atoms. The molecule has 3 nitrogen and oxygen atoms in total. The van der Waals surface area contributed by atoms with Crippen LogP contribution in [0.5, 0.6) is 0 Å². The molecule has 0 atom stereocenters. The number of carbonyl (C=O) groups is 1. The molecule has 0 aromatic heterocycles. The fourth-order valence-corrected chi connectivity index (χ4v) is 2.23. The largest absolute Gasteiger partial charge is 0.326 e. The van der Waals surface area contributed by atoms with Gasteiger partial charge in [0.2, 0.25) is 5.91 Å². The standard InChI is InChI=1S/C15H16N2O/c18-15(7-11-9-16-10-11)17-14-6-5-12-3-1-2-4-13(12)8-14/h1-6,8,11,16H,7,9-10H2,(H,17,18). The fourth-order valence-electron chi connectivity index (χ4n) is 2.23. The Morgan fingerprint density at radius 2 is 1.94 bits per heavy atom. The molecule has 2 aromatic rings. The van der Waals surface area contributed by atoms with Crippen LogP contribution in [0.25, 0.3) is 10.8 Å². The number of hydrogen-bond donors (Lipinski definition) is 2. The number of benzene rings is 2. The van der Waals surface area contributed by atoms with Crippen LogP contribution in [0.15, 0.2) is 42.5 Å². The van der Waals surface area contributed by atoms with Crippen LogP contribution in [0.3, 0.4) is 0 Å². The lowest BCUT2D eigenvalue weighted by Crippen LogP contribution is -2.43. The smallest absolute Gasteiger partial charge is 0.224 e. The zero-order valence-corrected chi connectivity index (χ0v) is 10.1. The molecule has 0 unspecified atom stereocenters. The van der Waals surface area contributed by atoms with Gasteiger partial charge in [-0.05, 0) is 41.9 Å². The van der Waals surface area contributed by atoms with Crippen molar-refractivity contribution in [2.45, 2.75) is 6.42 Å². The molecule has 2 aromatic carbocycles. The highest BCUT2D eigenvalue weighted by Gasteiger charge is 2.19. The van der Waals surface area contributed by atoms with E-state index in [1.165, 1.54) is 5.39 Å². The highest BCUT2D eigenvalue weighted by atomic mass is 16.1. The molecule has 3 rings (SSSR count). The van der Waals surface area contributed by atoms with Gasteiger partial charge >= 0.3 is 0 Å². The molecular formula is C15H16N2O. The molecule has 0 saturated carbocycles. The number of amides is 1. The van der Waals surface area contributed by atoms with Crippen molar-refractivity contribution < 1.29 is 4.79 Å². The van der Waals surface area contributed by atoms with Crippen molar-refractivity contribution in [3.05, 3.63) is 42.5 Å². The predicted octanol–water partition coefficient (Wildman–Crippen LogP) is 2.39. The van der Waals surface area contributed by atoms with Gasteiger partial charge in [-0.1, -0.05) is 30.3 Å². The van der Waals surface area contributed by atoms with E-state index in [0.29, 0.717) is 12.3 Å². The van der Waals surface area contributed by atoms with Crippen LogP contribution in [0.4, 0.5) is 5.69 Å². The molecule has 1 aliphatic heterocycles. The van der Waals surface area contributed by atoms with Gasteiger partial charge in [0.15, 0.2) is 0 Å². The maximum absolute atomic E-state index is 11.8. The van der Waals surface area contributed by atoms with Gasteiger partial charge < -0.3 is 10.6 Å². The van der Waals surface area contributed by atoms with Crippen LogP contribution >= 0.6 is 0 Å². The van der Waals surface area contributed by atoms with Gasteiger partial charge in [0.05, 0.1) is 0 Å². The summed E-state index contributed by atoms with van der Waals surface area (Å²) < 4.78 is 0. The monoisotopic (exact) mass is 240 g/mol. The lowest BCUT2D eigenvalue weighted by Gasteiger charge is -2.26. The van der Waals surface area contributed by atoms with Crippen molar-refractivity contribution in [1.29, 1.82) is 0 Å². The third-order valence-electron chi connectivity index (χ3n) is 3.37. The van der Waals surface area contributed by atoms with E-state index in [1.807, 2.05) is 30.3 Å². The van der Waals surface area contributed by atoms with E-state index < -0.39 is 0 Å². The number of nitrogens with one attached hydrogen (secondary N) is 2. The van der Waals surface area contributed by atoms with Gasteiger partial charge in [0.25, 0.3) is 0 Å². The van der Waals surface area contributed by atoms with Crippen molar-refractivity contribution >= 4 is 22.4 Å². The summed E-state index contributed by atoms with van der Waals surface area (Å²) in [5, 5.41) is 8.49. The Kier molecular flexibility index (Phi) is 2.99. The Bertz CT molecular complexity index is 575. The Hall–Kier alpha value is -1.87. The Labute approximate surface area is 106 Å². The first-order valence-corrected chi connectivity index (χ1v) is 6.30. The summed E-state index contributed by atoms with van der Waals surface area (Å²) in [6, 6.07) is 14.2. The maximum Gasteiger partial charge on any atom is 0.224 e. The average molecular weight is 240 g/mol. The Morgan fingerprint density at radius 1 is 1.17 bits per heavy atom. The summed E-state index contributed by atoms with van der Waals surface area (Å²) in [6.45, 7) is 1.93. The first kappa shape index (κ1) is 11.2. The molecule has 1 fully saturated rings. The van der Waals surface area contributed by atoms with Crippen LogP contribution in [0.1, 0.15) is 6.42 Å². The van der Waals surface area contributed by atoms with Crippen LogP contribution in [-0.2, 0) is 4.79 Å². The highest BCUT2D eigenvalue weighted by molar-refractivity contribution is 5.94. The van der Waals surface area contributed by atoms with Crippen LogP contribution in [-0.4, -0.2) is 19.0 Å². The third-order valence-corrected chi connectivity index (χ3v) is 3.37. The minimum absolute atomic E-state index is 0.108. The molecule has 92 valence electrons. The zero-order chi connectivity index (χ0) is 12.4. The lowest BCUT2D eigenvalue weighted by molar-refractivity contribution is -0.117. The van der Waals surface area contributed by atoms with E-state index in [9.17, 15) is 4.79 Å². The summed E-state index contributed by atoms with van der Waals surface area (Å²) in [5.74, 6) is 0.613. The van der Waals surface area contributed by atoms with E-state index in [0.717, 1.165) is 24.2 Å². The second-order valence-corrected chi connectivity index (χ2v) is 4.84. The zero-order valence-electron chi connectivity index (χ0n) is 10.1. The predicted molar refractivity (Wildman–Crippen MR) is 73.6 cm³/mol. The van der Waals surface area contributed by atoms with E-state index >= 15 is 0 Å². The van der Waals surface area contributed by atoms with Crippen molar-refractivity contribution in [3.63, 3.8) is 0 Å². The lowest BCUT2D eigenvalue weighted by atomic mass is 9.99. The van der Waals surface area contributed by atoms with E-state index in [2.05, 4.69) is 22.8 Å². The molecule has 1 heterocycles. The molecule has 1 saturated heterocycles. The van der Waals surface area contributed by atoms with Gasteiger partial charge in [0.1, 0.15) is 0 Å². The summed E-state index contributed by atoms with van der Waals surface area (Å²) in [5.41, 5.74) is 0.881. The summed E-state index contributed by atoms with van der Waals surface area (Å²) in [4.78, 5) is 11.8. The topological polar surface area (TPSA) is 41.1 Å². The highest BCUT2D eigenvalue weighted by Crippen LogP contribution is 2.19. The van der Waals surface area contributed by atoms with Crippen LogP contribution in [0.2, 0.25) is 0 Å². The number of fused-ring (bicyclic) bond motifs is 1. The van der Waals surface area contributed by atoms with E-state index in [4.69, 9.17) is 0 Å². The van der Waals surface area contributed by atoms with Crippen LogP contribution < -0.4 is 10.6 Å². The number of hydrogen-bond acceptors (Lipinski definition) is 2. The summed E-state index contributed by atoms with van der Waals surface area (Å²) in [7, 11) is 0. The molecule has 0 bridgehead atoms. The maximum atomic E-state index is 11.8. The number of anilines is 1. The molecule has 1 aliphatic rings. The molecule has 2 N–H and O–H groups in total. The van der Waals surface area contributed by atoms with Gasteiger partial charge in [-0.25, -0.2) is 0 Å². The van der Waals surface area contributed by atoms with Gasteiger partial charge in [-0.2, -0.15) is 0 Å². The first-order valence-electron chi connectivity index (χ1n) is 6.30. The SMILES string of the molecule is O=C(CC1CNC1)Nc1ccc2ccccc2c1. The summed E-state index contributed by atoms with van der Waals surface area (Å²) in [6.07, 6.45) is 0.611. The van der Waals surface area contributed by atoms with Gasteiger partial charge in [-0.15, -0.1) is 0 Å². The van der Waals surface area contributed by atoms with E-state index in [-0.39, 0.29) is 5.91 Å². The quantitative estimate of drug-likeness (QED) is 0.865. The molecule has 18 heavy (non-hydrogen) atoms. The van der Waals surface area contributed by atoms with Crippen LogP contribution in [0, 0.1) is 5.92 Å². The third kappa shape index (κ3) is 2.36. The average Bonchev–Trinajstić information content (AvgIpc) is 2.34. The normalized spacial score (nSPS) is 15.3. The van der Waals surface area contributed by atoms with E-state index in [1.54, 1.807) is 0 Å². The second kappa shape index (κ2) is 4.78. The minimum atomic E-state index is 0.108. The van der Waals surface area contributed by atoms with Gasteiger partial charge in [-0.3, -0.25) is 4.79 Å². The summed E-state index contributed by atoms with van der Waals surface area (Å²) >= 11 is 0. The van der Waals surface area contributed by atoms with Gasteiger partial charge in [0, 0.05) is 12.1 Å². The van der Waals surface area contributed by atoms with Crippen molar-refractivity contribution in [2.75, 3.05) is 18.4 Å². The molecule has 1 amide bonds. The minimum Gasteiger partial charge on any atom is -0.326 e. The first-order chi connectivity index (χ1) is 8.81.